The number of hydrogen-bond acceptors (Lipinski definition) is 6. The Kier molecular flexibility index (Phi) is 4.66. The molecule has 2 fully saturated rings. The van der Waals surface area contributed by atoms with Gasteiger partial charge in [-0.15, -0.1) is 0 Å². The fourth-order valence-electron chi connectivity index (χ4n) is 4.09. The van der Waals surface area contributed by atoms with Crippen LogP contribution < -0.4 is 11.1 Å². The Labute approximate surface area is 163 Å². The predicted octanol–water partition coefficient (Wildman–Crippen LogP) is -0.0682. The Balaban J connectivity index is 1.62. The maximum atomic E-state index is 12.6. The molecule has 0 aromatic heterocycles. The number of fused-ring (bicyclic) bond motifs is 1. The van der Waals surface area contributed by atoms with Crippen molar-refractivity contribution in [3.05, 3.63) is 35.9 Å². The summed E-state index contributed by atoms with van der Waals surface area (Å²) in [5.74, 6) is -0.0449. The molecule has 3 N–H and O–H groups in total. The molecule has 9 nitrogen and oxygen atoms in total. The first-order valence-electron chi connectivity index (χ1n) is 9.46. The number of nitrogens with zero attached hydrogens (tertiary/aromatic N) is 4. The maximum Gasteiger partial charge on any atom is 0.325 e. The first-order valence-corrected chi connectivity index (χ1v) is 9.46. The number of nitrogens with two attached hydrogens (primary N) is 1. The van der Waals surface area contributed by atoms with E-state index in [9.17, 15) is 14.4 Å². The van der Waals surface area contributed by atoms with Gasteiger partial charge in [-0.3, -0.25) is 14.9 Å². The fourth-order valence-corrected chi connectivity index (χ4v) is 4.09. The zero-order chi connectivity index (χ0) is 19.8. The van der Waals surface area contributed by atoms with E-state index in [1.807, 2.05) is 35.2 Å². The van der Waals surface area contributed by atoms with Crippen LogP contribution in [0.25, 0.3) is 0 Å². The molecule has 28 heavy (non-hydrogen) atoms. The molecule has 148 valence electrons. The van der Waals surface area contributed by atoms with Crippen molar-refractivity contribution >= 4 is 23.8 Å². The van der Waals surface area contributed by atoms with E-state index < -0.39 is 18.2 Å². The molecule has 2 saturated heterocycles. The second-order valence-corrected chi connectivity index (χ2v) is 7.47. The second-order valence-electron chi connectivity index (χ2n) is 7.47. The van der Waals surface area contributed by atoms with Gasteiger partial charge in [0.25, 0.3) is 5.91 Å². The summed E-state index contributed by atoms with van der Waals surface area (Å²) in [5.41, 5.74) is 6.50. The van der Waals surface area contributed by atoms with E-state index in [2.05, 4.69) is 10.2 Å². The molecule has 0 aliphatic carbocycles. The Morgan fingerprint density at radius 3 is 2.54 bits per heavy atom. The highest BCUT2D eigenvalue weighted by Gasteiger charge is 2.49. The number of benzene rings is 1. The van der Waals surface area contributed by atoms with Gasteiger partial charge in [0, 0.05) is 32.6 Å². The lowest BCUT2D eigenvalue weighted by molar-refractivity contribution is -0.127. The predicted molar refractivity (Wildman–Crippen MR) is 102 cm³/mol. The molecule has 0 bridgehead atoms. The summed E-state index contributed by atoms with van der Waals surface area (Å²) >= 11 is 0. The SMILES string of the molecule is CN1C(=O)NC(=O)C2C1N=C(N1CCC(C(N)=O)CC1)N2Cc1ccccc1. The summed E-state index contributed by atoms with van der Waals surface area (Å²) in [6, 6.07) is 8.83. The third-order valence-electron chi connectivity index (χ3n) is 5.71. The van der Waals surface area contributed by atoms with Crippen LogP contribution in [-0.4, -0.2) is 70.8 Å². The summed E-state index contributed by atoms with van der Waals surface area (Å²) in [5, 5.41) is 2.42. The number of hydrogen-bond donors (Lipinski definition) is 2. The zero-order valence-corrected chi connectivity index (χ0v) is 15.7. The van der Waals surface area contributed by atoms with Crippen molar-refractivity contribution in [2.24, 2.45) is 16.6 Å². The number of amides is 4. The van der Waals surface area contributed by atoms with Gasteiger partial charge in [-0.05, 0) is 18.4 Å². The molecule has 0 spiro atoms. The summed E-state index contributed by atoms with van der Waals surface area (Å²) in [4.78, 5) is 46.5. The Morgan fingerprint density at radius 2 is 1.89 bits per heavy atom. The normalized spacial score (nSPS) is 25.5. The minimum atomic E-state index is -0.577. The van der Waals surface area contributed by atoms with E-state index in [1.54, 1.807) is 7.05 Å². The average Bonchev–Trinajstić information content (AvgIpc) is 3.07. The van der Waals surface area contributed by atoms with Gasteiger partial charge in [-0.25, -0.2) is 9.79 Å². The number of guanidine groups is 1. The summed E-state index contributed by atoms with van der Waals surface area (Å²) in [7, 11) is 1.64. The van der Waals surface area contributed by atoms with Crippen molar-refractivity contribution in [2.45, 2.75) is 31.6 Å². The monoisotopic (exact) mass is 384 g/mol. The zero-order valence-electron chi connectivity index (χ0n) is 15.7. The van der Waals surface area contributed by atoms with Gasteiger partial charge in [-0.2, -0.15) is 0 Å². The molecular formula is C19H24N6O3. The first-order chi connectivity index (χ1) is 13.5. The quantitative estimate of drug-likeness (QED) is 0.758. The van der Waals surface area contributed by atoms with Crippen molar-refractivity contribution in [3.8, 4) is 0 Å². The van der Waals surface area contributed by atoms with Crippen molar-refractivity contribution in [2.75, 3.05) is 20.1 Å². The molecule has 3 heterocycles. The molecule has 3 aliphatic heterocycles. The minimum Gasteiger partial charge on any atom is -0.369 e. The molecule has 4 rings (SSSR count). The highest BCUT2D eigenvalue weighted by Crippen LogP contribution is 2.29. The van der Waals surface area contributed by atoms with Crippen LogP contribution in [-0.2, 0) is 16.1 Å². The molecule has 4 amide bonds. The molecule has 0 radical (unpaired) electrons. The van der Waals surface area contributed by atoms with Crippen LogP contribution in [0.5, 0.6) is 0 Å². The van der Waals surface area contributed by atoms with Gasteiger partial charge in [-0.1, -0.05) is 30.3 Å². The van der Waals surface area contributed by atoms with Gasteiger partial charge < -0.3 is 20.4 Å². The highest BCUT2D eigenvalue weighted by atomic mass is 16.2. The molecule has 1 aromatic carbocycles. The van der Waals surface area contributed by atoms with Crippen LogP contribution in [0.1, 0.15) is 18.4 Å². The van der Waals surface area contributed by atoms with Crippen LogP contribution in [0.15, 0.2) is 35.3 Å². The van der Waals surface area contributed by atoms with Gasteiger partial charge in [0.1, 0.15) is 0 Å². The average molecular weight is 384 g/mol. The minimum absolute atomic E-state index is 0.129. The van der Waals surface area contributed by atoms with Gasteiger partial charge in [0.05, 0.1) is 0 Å². The number of carbonyl (C=O) groups is 3. The third-order valence-corrected chi connectivity index (χ3v) is 5.71. The largest absolute Gasteiger partial charge is 0.369 e. The van der Waals surface area contributed by atoms with Crippen LogP contribution in [0.4, 0.5) is 4.79 Å². The fraction of sp³-hybridized carbons (Fsp3) is 0.474. The first kappa shape index (κ1) is 18.3. The molecule has 3 aliphatic rings. The highest BCUT2D eigenvalue weighted by molar-refractivity contribution is 6.03. The second kappa shape index (κ2) is 7.14. The topological polar surface area (TPSA) is 111 Å². The molecule has 1 aromatic rings. The smallest absolute Gasteiger partial charge is 0.325 e. The van der Waals surface area contributed by atoms with Crippen molar-refractivity contribution in [1.29, 1.82) is 0 Å². The van der Waals surface area contributed by atoms with Crippen molar-refractivity contribution < 1.29 is 14.4 Å². The molecule has 2 atom stereocenters. The summed E-state index contributed by atoms with van der Waals surface area (Å²) < 4.78 is 0. The van der Waals surface area contributed by atoms with Crippen LogP contribution in [0.2, 0.25) is 0 Å². The number of likely N-dealkylation sites (tertiary alicyclic amines) is 1. The van der Waals surface area contributed by atoms with E-state index in [-0.39, 0.29) is 17.7 Å². The van der Waals surface area contributed by atoms with Gasteiger partial charge >= 0.3 is 6.03 Å². The Bertz CT molecular complexity index is 818. The number of urea groups is 1. The number of aliphatic imine (C=N–C) groups is 1. The third kappa shape index (κ3) is 3.17. The van der Waals surface area contributed by atoms with E-state index in [0.717, 1.165) is 5.56 Å². The number of primary amides is 1. The lowest BCUT2D eigenvalue weighted by Crippen LogP contribution is -2.64. The van der Waals surface area contributed by atoms with Crippen molar-refractivity contribution in [3.63, 3.8) is 0 Å². The van der Waals surface area contributed by atoms with E-state index in [0.29, 0.717) is 38.4 Å². The lowest BCUT2D eigenvalue weighted by atomic mass is 9.96. The number of imide groups is 1. The number of carbonyl (C=O) groups excluding carboxylic acids is 3. The van der Waals surface area contributed by atoms with Crippen molar-refractivity contribution in [1.82, 2.24) is 20.0 Å². The molecular weight excluding hydrogens is 360 g/mol. The molecule has 2 unspecified atom stereocenters. The number of likely N-dealkylation sites (N-methyl/N-ethyl adjacent to an activating group) is 1. The number of rotatable bonds is 3. The molecule has 0 saturated carbocycles. The van der Waals surface area contributed by atoms with Gasteiger partial charge in [0.15, 0.2) is 18.2 Å². The van der Waals surface area contributed by atoms with E-state index >= 15 is 0 Å². The number of nitrogens with one attached hydrogen (secondary N) is 1. The van der Waals surface area contributed by atoms with Crippen LogP contribution >= 0.6 is 0 Å². The van der Waals surface area contributed by atoms with E-state index in [4.69, 9.17) is 10.7 Å². The maximum absolute atomic E-state index is 12.6. The Morgan fingerprint density at radius 1 is 1.21 bits per heavy atom. The Hall–Kier alpha value is -3.10. The van der Waals surface area contributed by atoms with E-state index in [1.165, 1.54) is 4.90 Å². The lowest BCUT2D eigenvalue weighted by Gasteiger charge is -2.39. The standard InChI is InChI=1S/C19H24N6O3/c1-23-16-14(17(27)22-19(23)28)25(11-12-5-3-2-4-6-12)18(21-16)24-9-7-13(8-10-24)15(20)26/h2-6,13-14,16H,7-11H2,1H3,(H2,20,26)(H,22,27,28). The molecule has 9 heteroatoms. The number of piperidine rings is 1. The van der Waals surface area contributed by atoms with Gasteiger partial charge in [0.2, 0.25) is 5.91 Å². The summed E-state index contributed by atoms with van der Waals surface area (Å²) in [6.07, 6.45) is 0.752. The summed E-state index contributed by atoms with van der Waals surface area (Å²) in [6.45, 7) is 1.78. The van der Waals surface area contributed by atoms with Crippen LogP contribution in [0.3, 0.4) is 0 Å². The van der Waals surface area contributed by atoms with Crippen LogP contribution in [0, 0.1) is 5.92 Å².